The molecule has 0 aliphatic carbocycles. The van der Waals surface area contributed by atoms with Crippen LogP contribution in [0.2, 0.25) is 15.1 Å². The lowest BCUT2D eigenvalue weighted by Gasteiger charge is -2.34. The molecule has 46 heavy (non-hydrogen) atoms. The van der Waals surface area contributed by atoms with Crippen LogP contribution in [0.5, 0.6) is 0 Å². The van der Waals surface area contributed by atoms with E-state index >= 15 is 0 Å². The summed E-state index contributed by atoms with van der Waals surface area (Å²) in [4.78, 5) is 29.9. The summed E-state index contributed by atoms with van der Waals surface area (Å²) < 4.78 is 29.3. The number of hydrogen-bond acceptors (Lipinski definition) is 4. The Morgan fingerprint density at radius 3 is 2.04 bits per heavy atom. The zero-order chi connectivity index (χ0) is 33.4. The molecule has 0 aliphatic heterocycles. The molecule has 0 radical (unpaired) electrons. The number of benzene rings is 4. The molecule has 0 spiro atoms. The van der Waals surface area contributed by atoms with Gasteiger partial charge in [0, 0.05) is 34.1 Å². The normalized spacial score (nSPS) is 12.7. The molecule has 0 unspecified atom stereocenters. The highest BCUT2D eigenvalue weighted by molar-refractivity contribution is 7.92. The highest BCUT2D eigenvalue weighted by Crippen LogP contribution is 2.30. The number of carbonyl (C=O) groups is 2. The van der Waals surface area contributed by atoms with Crippen LogP contribution in [0.3, 0.4) is 0 Å². The quantitative estimate of drug-likeness (QED) is 0.155. The maximum absolute atomic E-state index is 14.6. The molecule has 0 heterocycles. The number of nitrogens with zero attached hydrogens (tertiary/aromatic N) is 2. The summed E-state index contributed by atoms with van der Waals surface area (Å²) in [5.74, 6) is -0.959. The van der Waals surface area contributed by atoms with Gasteiger partial charge in [0.05, 0.1) is 10.6 Å². The van der Waals surface area contributed by atoms with E-state index in [4.69, 9.17) is 34.8 Å². The summed E-state index contributed by atoms with van der Waals surface area (Å²) >= 11 is 18.9. The number of hydrogen-bond donors (Lipinski definition) is 1. The maximum Gasteiger partial charge on any atom is 0.264 e. The van der Waals surface area contributed by atoms with Gasteiger partial charge < -0.3 is 10.2 Å². The van der Waals surface area contributed by atoms with Crippen LogP contribution in [0.25, 0.3) is 0 Å². The summed E-state index contributed by atoms with van der Waals surface area (Å²) in [5.41, 5.74) is 2.49. The third kappa shape index (κ3) is 9.26. The molecule has 4 aromatic carbocycles. The van der Waals surface area contributed by atoms with Crippen molar-refractivity contribution in [3.63, 3.8) is 0 Å². The van der Waals surface area contributed by atoms with E-state index in [1.165, 1.54) is 35.2 Å². The molecule has 2 amide bonds. The van der Waals surface area contributed by atoms with Gasteiger partial charge in [0.15, 0.2) is 0 Å². The SMILES string of the molecule is CC[C@@H](C)NC(=O)[C@H](Cc1ccccc1)N(Cc1cccc(Cl)c1)C(=O)CN(c1cc(Cl)cc(Cl)c1)S(=O)(=O)c1ccc(C)cc1. The molecule has 0 fully saturated rings. The van der Waals surface area contributed by atoms with E-state index in [0.29, 0.717) is 17.0 Å². The fraction of sp³-hybridized carbons (Fsp3) is 0.257. The van der Waals surface area contributed by atoms with Gasteiger partial charge in [0.25, 0.3) is 10.0 Å². The van der Waals surface area contributed by atoms with E-state index in [0.717, 1.165) is 15.4 Å². The van der Waals surface area contributed by atoms with Crippen molar-refractivity contribution < 1.29 is 18.0 Å². The van der Waals surface area contributed by atoms with Crippen molar-refractivity contribution in [2.45, 2.75) is 57.1 Å². The predicted molar refractivity (Wildman–Crippen MR) is 186 cm³/mol. The van der Waals surface area contributed by atoms with E-state index in [9.17, 15) is 18.0 Å². The van der Waals surface area contributed by atoms with Crippen LogP contribution in [-0.2, 0) is 32.6 Å². The first-order valence-electron chi connectivity index (χ1n) is 14.8. The van der Waals surface area contributed by atoms with Gasteiger partial charge in [0.1, 0.15) is 12.6 Å². The molecule has 0 bridgehead atoms. The number of carbonyl (C=O) groups excluding carboxylic acids is 2. The fourth-order valence-corrected chi connectivity index (χ4v) is 7.00. The standard InChI is InChI=1S/C35H36Cl3N3O4S/c1-4-25(3)39-35(43)33(18-26-9-6-5-7-10-26)40(22-27-11-8-12-28(36)17-27)34(42)23-41(31-20-29(37)19-30(38)21-31)46(44,45)32-15-13-24(2)14-16-32/h5-17,19-21,25,33H,4,18,22-23H2,1-3H3,(H,39,43)/t25-,33+/m1/s1. The molecule has 0 aliphatic rings. The second-order valence-corrected chi connectivity index (χ2v) is 14.3. The molecule has 0 saturated carbocycles. The Bertz CT molecular complexity index is 1750. The molecule has 2 atom stereocenters. The average Bonchev–Trinajstić information content (AvgIpc) is 3.01. The van der Waals surface area contributed by atoms with Crippen molar-refractivity contribution in [2.24, 2.45) is 0 Å². The van der Waals surface area contributed by atoms with E-state index in [1.807, 2.05) is 51.1 Å². The van der Waals surface area contributed by atoms with Crippen LogP contribution in [0.1, 0.15) is 37.0 Å². The topological polar surface area (TPSA) is 86.8 Å². The average molecular weight is 701 g/mol. The number of amides is 2. The minimum Gasteiger partial charge on any atom is -0.352 e. The van der Waals surface area contributed by atoms with Crippen molar-refractivity contribution in [3.8, 4) is 0 Å². The van der Waals surface area contributed by atoms with Crippen molar-refractivity contribution in [2.75, 3.05) is 10.8 Å². The lowest BCUT2D eigenvalue weighted by Crippen LogP contribution is -2.54. The van der Waals surface area contributed by atoms with Gasteiger partial charge in [-0.25, -0.2) is 8.42 Å². The Balaban J connectivity index is 1.83. The first-order chi connectivity index (χ1) is 21.9. The Hall–Kier alpha value is -3.56. The van der Waals surface area contributed by atoms with Crippen molar-refractivity contribution in [1.29, 1.82) is 0 Å². The lowest BCUT2D eigenvalue weighted by molar-refractivity contribution is -0.140. The molecule has 0 saturated heterocycles. The van der Waals surface area contributed by atoms with E-state index in [2.05, 4.69) is 5.32 Å². The van der Waals surface area contributed by atoms with Crippen LogP contribution in [0, 0.1) is 6.92 Å². The second kappa shape index (κ2) is 15.8. The van der Waals surface area contributed by atoms with Crippen molar-refractivity contribution >= 4 is 62.3 Å². The van der Waals surface area contributed by atoms with Crippen LogP contribution >= 0.6 is 34.8 Å². The zero-order valence-electron chi connectivity index (χ0n) is 25.8. The van der Waals surface area contributed by atoms with Gasteiger partial charge in [-0.1, -0.05) is 102 Å². The van der Waals surface area contributed by atoms with Gasteiger partial charge in [-0.05, 0) is 73.9 Å². The largest absolute Gasteiger partial charge is 0.352 e. The number of aryl methyl sites for hydroxylation is 1. The van der Waals surface area contributed by atoms with Gasteiger partial charge in [0.2, 0.25) is 11.8 Å². The van der Waals surface area contributed by atoms with Gasteiger partial charge in [-0.2, -0.15) is 0 Å². The Morgan fingerprint density at radius 1 is 0.804 bits per heavy atom. The third-order valence-corrected chi connectivity index (χ3v) is 10.00. The minimum atomic E-state index is -4.29. The number of halogens is 3. The van der Waals surface area contributed by atoms with E-state index in [1.54, 1.807) is 36.4 Å². The highest BCUT2D eigenvalue weighted by atomic mass is 35.5. The molecular formula is C35H36Cl3N3O4S. The number of anilines is 1. The molecule has 4 rings (SSSR count). The van der Waals surface area contributed by atoms with Gasteiger partial charge in [-0.15, -0.1) is 0 Å². The first kappa shape index (κ1) is 35.3. The first-order valence-corrected chi connectivity index (χ1v) is 17.4. The molecular weight excluding hydrogens is 665 g/mol. The van der Waals surface area contributed by atoms with Crippen LogP contribution in [0.4, 0.5) is 5.69 Å². The van der Waals surface area contributed by atoms with Crippen LogP contribution in [0.15, 0.2) is 102 Å². The monoisotopic (exact) mass is 699 g/mol. The fourth-order valence-electron chi connectivity index (χ4n) is 4.88. The van der Waals surface area contributed by atoms with E-state index in [-0.39, 0.29) is 45.5 Å². The summed E-state index contributed by atoms with van der Waals surface area (Å²) in [6.07, 6.45) is 0.882. The summed E-state index contributed by atoms with van der Waals surface area (Å²) in [6, 6.07) is 25.9. The van der Waals surface area contributed by atoms with E-state index < -0.39 is 28.5 Å². The van der Waals surface area contributed by atoms with Crippen LogP contribution in [-0.4, -0.2) is 43.8 Å². The molecule has 4 aromatic rings. The molecule has 7 nitrogen and oxygen atoms in total. The number of nitrogens with one attached hydrogen (secondary N) is 1. The molecule has 242 valence electrons. The molecule has 1 N–H and O–H groups in total. The minimum absolute atomic E-state index is 0.000455. The number of rotatable bonds is 13. The second-order valence-electron chi connectivity index (χ2n) is 11.1. The zero-order valence-corrected chi connectivity index (χ0v) is 28.9. The predicted octanol–water partition coefficient (Wildman–Crippen LogP) is 7.71. The Morgan fingerprint density at radius 2 is 1.43 bits per heavy atom. The highest BCUT2D eigenvalue weighted by Gasteiger charge is 2.35. The lowest BCUT2D eigenvalue weighted by atomic mass is 10.0. The summed E-state index contributed by atoms with van der Waals surface area (Å²) in [6.45, 7) is 5.06. The van der Waals surface area contributed by atoms with Crippen molar-refractivity contribution in [1.82, 2.24) is 10.2 Å². The Kier molecular flexibility index (Phi) is 12.1. The molecule has 11 heteroatoms. The third-order valence-electron chi connectivity index (χ3n) is 7.54. The van der Waals surface area contributed by atoms with Crippen LogP contribution < -0.4 is 9.62 Å². The summed E-state index contributed by atoms with van der Waals surface area (Å²) in [5, 5.41) is 3.88. The maximum atomic E-state index is 14.6. The summed E-state index contributed by atoms with van der Waals surface area (Å²) in [7, 11) is -4.29. The van der Waals surface area contributed by atoms with Gasteiger partial charge >= 0.3 is 0 Å². The smallest absolute Gasteiger partial charge is 0.264 e. The molecule has 0 aromatic heterocycles. The van der Waals surface area contributed by atoms with Crippen molar-refractivity contribution in [3.05, 3.63) is 129 Å². The number of sulfonamides is 1. The van der Waals surface area contributed by atoms with Gasteiger partial charge in [-0.3, -0.25) is 13.9 Å². The Labute approximate surface area is 286 Å².